The Morgan fingerprint density at radius 1 is 1.44 bits per heavy atom. The lowest BCUT2D eigenvalue weighted by Crippen LogP contribution is -2.11. The van der Waals surface area contributed by atoms with Gasteiger partial charge in [0.15, 0.2) is 0 Å². The van der Waals surface area contributed by atoms with Crippen molar-refractivity contribution in [1.82, 2.24) is 0 Å². The number of nitrogens with one attached hydrogen (secondary N) is 1. The van der Waals surface area contributed by atoms with Crippen LogP contribution in [0.5, 0.6) is 0 Å². The topological polar surface area (TPSA) is 73.1 Å². The monoisotopic (exact) mass is 216 g/mol. The number of rotatable bonds is 5. The second kappa shape index (κ2) is 5.56. The number of benzene rings is 1. The molecule has 16 heavy (non-hydrogen) atoms. The third-order valence-electron chi connectivity index (χ3n) is 2.05. The molecule has 0 spiro atoms. The summed E-state index contributed by atoms with van der Waals surface area (Å²) in [4.78, 5) is 10.5. The third kappa shape index (κ3) is 3.46. The molecule has 0 aliphatic rings. The van der Waals surface area contributed by atoms with E-state index in [1.165, 1.54) is 0 Å². The summed E-state index contributed by atoms with van der Waals surface area (Å²) >= 11 is 0. The minimum Gasteiger partial charge on any atom is -0.478 e. The van der Waals surface area contributed by atoms with Crippen LogP contribution in [0, 0.1) is 11.3 Å². The van der Waals surface area contributed by atoms with Crippen molar-refractivity contribution in [2.45, 2.75) is 6.42 Å². The summed E-state index contributed by atoms with van der Waals surface area (Å²) in [5.41, 5.74) is 1.86. The Kier molecular flexibility index (Phi) is 4.10. The molecule has 0 unspecified atom stereocenters. The molecule has 0 bridgehead atoms. The van der Waals surface area contributed by atoms with Gasteiger partial charge in [-0.25, -0.2) is 4.79 Å². The van der Waals surface area contributed by atoms with Crippen LogP contribution in [0.2, 0.25) is 0 Å². The Balaban J connectivity index is 2.53. The number of carboxylic acids is 1. The molecular formula is C12H12N2O2. The summed E-state index contributed by atoms with van der Waals surface area (Å²) in [6.45, 7) is 3.61. The van der Waals surface area contributed by atoms with Gasteiger partial charge in [0.05, 0.1) is 12.5 Å². The highest BCUT2D eigenvalue weighted by molar-refractivity contribution is 5.86. The summed E-state index contributed by atoms with van der Waals surface area (Å²) < 4.78 is 0. The second-order valence-corrected chi connectivity index (χ2v) is 3.29. The van der Waals surface area contributed by atoms with Gasteiger partial charge in [-0.3, -0.25) is 0 Å². The number of hydrogen-bond acceptors (Lipinski definition) is 3. The Labute approximate surface area is 93.8 Å². The molecule has 1 rings (SSSR count). The normalized spacial score (nSPS) is 9.19. The highest BCUT2D eigenvalue weighted by Gasteiger charge is 2.02. The first kappa shape index (κ1) is 11.8. The van der Waals surface area contributed by atoms with Crippen molar-refractivity contribution < 1.29 is 9.90 Å². The lowest BCUT2D eigenvalue weighted by atomic mass is 10.1. The van der Waals surface area contributed by atoms with Crippen molar-refractivity contribution in [1.29, 1.82) is 5.26 Å². The van der Waals surface area contributed by atoms with Crippen molar-refractivity contribution in [3.05, 3.63) is 42.0 Å². The van der Waals surface area contributed by atoms with Crippen LogP contribution in [0.3, 0.4) is 0 Å². The number of nitrogens with zero attached hydrogens (tertiary/aromatic N) is 1. The fraction of sp³-hybridized carbons (Fsp3) is 0.167. The molecule has 4 nitrogen and oxygen atoms in total. The van der Waals surface area contributed by atoms with E-state index in [0.29, 0.717) is 6.42 Å². The maximum absolute atomic E-state index is 10.5. The number of hydrogen-bond donors (Lipinski definition) is 2. The fourth-order valence-corrected chi connectivity index (χ4v) is 1.12. The van der Waals surface area contributed by atoms with Gasteiger partial charge >= 0.3 is 5.97 Å². The van der Waals surface area contributed by atoms with Gasteiger partial charge in [0.1, 0.15) is 0 Å². The quantitative estimate of drug-likeness (QED) is 0.736. The molecule has 0 aliphatic carbocycles. The van der Waals surface area contributed by atoms with Crippen molar-refractivity contribution >= 4 is 11.7 Å². The Bertz CT molecular complexity index is 429. The molecule has 2 N–H and O–H groups in total. The third-order valence-corrected chi connectivity index (χ3v) is 2.05. The Morgan fingerprint density at radius 3 is 2.56 bits per heavy atom. The average molecular weight is 216 g/mol. The van der Waals surface area contributed by atoms with Gasteiger partial charge in [0.25, 0.3) is 0 Å². The zero-order valence-electron chi connectivity index (χ0n) is 8.73. The number of anilines is 1. The first-order chi connectivity index (χ1) is 7.63. The van der Waals surface area contributed by atoms with E-state index in [4.69, 9.17) is 10.4 Å². The van der Waals surface area contributed by atoms with Crippen LogP contribution in [0.25, 0.3) is 0 Å². The van der Waals surface area contributed by atoms with Crippen LogP contribution >= 0.6 is 0 Å². The van der Waals surface area contributed by atoms with Crippen LogP contribution in [-0.2, 0) is 11.2 Å². The predicted octanol–water partition coefficient (Wildman–Crippen LogP) is 1.81. The van der Waals surface area contributed by atoms with Crippen LogP contribution in [-0.4, -0.2) is 17.6 Å². The van der Waals surface area contributed by atoms with Crippen molar-refractivity contribution in [3.63, 3.8) is 0 Å². The van der Waals surface area contributed by atoms with E-state index < -0.39 is 5.97 Å². The Hall–Kier alpha value is -2.28. The predicted molar refractivity (Wildman–Crippen MR) is 61.0 cm³/mol. The zero-order valence-corrected chi connectivity index (χ0v) is 8.73. The molecule has 0 aliphatic heterocycles. The molecular weight excluding hydrogens is 204 g/mol. The molecule has 0 fully saturated rings. The van der Waals surface area contributed by atoms with Crippen LogP contribution in [0.1, 0.15) is 5.56 Å². The molecule has 0 heterocycles. The number of carbonyl (C=O) groups is 1. The first-order valence-corrected chi connectivity index (χ1v) is 4.74. The van der Waals surface area contributed by atoms with E-state index in [1.807, 2.05) is 24.3 Å². The zero-order chi connectivity index (χ0) is 12.0. The van der Waals surface area contributed by atoms with Crippen LogP contribution in [0.15, 0.2) is 36.4 Å². The smallest absolute Gasteiger partial charge is 0.332 e. The van der Waals surface area contributed by atoms with Gasteiger partial charge in [0.2, 0.25) is 0 Å². The summed E-state index contributed by atoms with van der Waals surface area (Å²) in [6, 6.07) is 9.33. The van der Waals surface area contributed by atoms with E-state index in [2.05, 4.69) is 18.0 Å². The number of aliphatic carboxylic acids is 1. The molecule has 0 aromatic heterocycles. The SMILES string of the molecule is C=C(CNc1ccc(CC#N)cc1)C(=O)O. The van der Waals surface area contributed by atoms with Gasteiger partial charge in [-0.1, -0.05) is 18.7 Å². The van der Waals surface area contributed by atoms with Gasteiger partial charge in [-0.2, -0.15) is 5.26 Å². The molecule has 1 aromatic carbocycles. The van der Waals surface area contributed by atoms with E-state index in [-0.39, 0.29) is 12.1 Å². The number of carboxylic acid groups (broad SMARTS) is 1. The summed E-state index contributed by atoms with van der Waals surface area (Å²) in [7, 11) is 0. The molecule has 0 atom stereocenters. The molecule has 4 heteroatoms. The van der Waals surface area contributed by atoms with Gasteiger partial charge in [0, 0.05) is 17.8 Å². The van der Waals surface area contributed by atoms with E-state index in [9.17, 15) is 4.79 Å². The second-order valence-electron chi connectivity index (χ2n) is 3.29. The van der Waals surface area contributed by atoms with E-state index in [0.717, 1.165) is 11.3 Å². The van der Waals surface area contributed by atoms with Gasteiger partial charge < -0.3 is 10.4 Å². The van der Waals surface area contributed by atoms with Crippen molar-refractivity contribution in [2.75, 3.05) is 11.9 Å². The largest absolute Gasteiger partial charge is 0.478 e. The van der Waals surface area contributed by atoms with Crippen molar-refractivity contribution in [3.8, 4) is 6.07 Å². The maximum Gasteiger partial charge on any atom is 0.332 e. The van der Waals surface area contributed by atoms with Crippen molar-refractivity contribution in [2.24, 2.45) is 0 Å². The molecule has 0 amide bonds. The minimum absolute atomic E-state index is 0.112. The first-order valence-electron chi connectivity index (χ1n) is 4.74. The number of nitriles is 1. The molecule has 0 saturated heterocycles. The standard InChI is InChI=1S/C12H12N2O2/c1-9(12(15)16)8-14-11-4-2-10(3-5-11)6-7-13/h2-5,14H,1,6,8H2,(H,15,16). The average Bonchev–Trinajstić information content (AvgIpc) is 2.28. The fourth-order valence-electron chi connectivity index (χ4n) is 1.12. The van der Waals surface area contributed by atoms with Gasteiger partial charge in [-0.05, 0) is 17.7 Å². The van der Waals surface area contributed by atoms with Crippen LogP contribution in [0.4, 0.5) is 5.69 Å². The van der Waals surface area contributed by atoms with E-state index >= 15 is 0 Å². The summed E-state index contributed by atoms with van der Waals surface area (Å²) in [5.74, 6) is -1.01. The highest BCUT2D eigenvalue weighted by Crippen LogP contribution is 2.10. The van der Waals surface area contributed by atoms with E-state index in [1.54, 1.807) is 0 Å². The molecule has 0 saturated carbocycles. The summed E-state index contributed by atoms with van der Waals surface area (Å²) in [6.07, 6.45) is 0.377. The minimum atomic E-state index is -1.01. The molecule has 0 radical (unpaired) electrons. The molecule has 82 valence electrons. The lowest BCUT2D eigenvalue weighted by molar-refractivity contribution is -0.132. The molecule has 1 aromatic rings. The van der Waals surface area contributed by atoms with Gasteiger partial charge in [-0.15, -0.1) is 0 Å². The summed E-state index contributed by atoms with van der Waals surface area (Å²) in [5, 5.41) is 20.0. The van der Waals surface area contributed by atoms with Crippen LogP contribution < -0.4 is 5.32 Å². The highest BCUT2D eigenvalue weighted by atomic mass is 16.4. The maximum atomic E-state index is 10.5. The lowest BCUT2D eigenvalue weighted by Gasteiger charge is -2.06. The Morgan fingerprint density at radius 2 is 2.06 bits per heavy atom.